The van der Waals surface area contributed by atoms with Gasteiger partial charge in [0.1, 0.15) is 28.7 Å². The van der Waals surface area contributed by atoms with Crippen LogP contribution in [0.15, 0.2) is 88.1 Å². The average molecular weight is 639 g/mol. The number of phenolic OH excluding ortho intramolecular Hbond substituents is 1. The van der Waals surface area contributed by atoms with Gasteiger partial charge in [0.15, 0.2) is 5.43 Å². The molecule has 5 N–H and O–H groups in total. The molecule has 2 aliphatic rings. The number of aliphatic carboxylic acids is 1. The zero-order chi connectivity index (χ0) is 34.0. The predicted octanol–water partition coefficient (Wildman–Crippen LogP) is 5.74. The summed E-state index contributed by atoms with van der Waals surface area (Å²) in [5.74, 6) is -3.02. The second-order valence-corrected chi connectivity index (χ2v) is 11.8. The highest BCUT2D eigenvalue weighted by atomic mass is 16.6. The molecule has 12 nitrogen and oxygen atoms in total. The zero-order valence-electron chi connectivity index (χ0n) is 25.5. The van der Waals surface area contributed by atoms with Crippen LogP contribution in [-0.4, -0.2) is 50.9 Å². The van der Waals surface area contributed by atoms with E-state index in [1.807, 2.05) is 0 Å². The van der Waals surface area contributed by atoms with Gasteiger partial charge in [-0.05, 0) is 80.4 Å². The van der Waals surface area contributed by atoms with Crippen molar-refractivity contribution in [2.45, 2.75) is 38.8 Å². The number of fused-ring (bicyclic) bond motifs is 2. The van der Waals surface area contributed by atoms with Gasteiger partial charge < -0.3 is 35.1 Å². The number of nitrogens with one attached hydrogen (secondary N) is 2. The molecule has 1 heterocycles. The second-order valence-electron chi connectivity index (χ2n) is 11.8. The smallest absolute Gasteiger partial charge is 0.408 e. The topological polar surface area (TPSA) is 192 Å². The van der Waals surface area contributed by atoms with Crippen LogP contribution in [0.5, 0.6) is 5.75 Å². The number of phenols is 1. The molecule has 12 heteroatoms. The number of carboxylic acid groups (broad SMARTS) is 2. The van der Waals surface area contributed by atoms with Crippen LogP contribution in [0, 0.1) is 0 Å². The molecule has 0 saturated heterocycles. The van der Waals surface area contributed by atoms with E-state index in [2.05, 4.69) is 10.6 Å². The summed E-state index contributed by atoms with van der Waals surface area (Å²) in [7, 11) is 0. The minimum Gasteiger partial charge on any atom is -0.508 e. The monoisotopic (exact) mass is 638 g/mol. The maximum Gasteiger partial charge on any atom is 0.408 e. The number of ether oxygens (including phenoxy) is 1. The maximum absolute atomic E-state index is 13.2. The zero-order valence-corrected chi connectivity index (χ0v) is 25.5. The van der Waals surface area contributed by atoms with Crippen molar-refractivity contribution in [3.05, 3.63) is 106 Å². The molecule has 0 saturated carbocycles. The summed E-state index contributed by atoms with van der Waals surface area (Å²) >= 11 is 0. The van der Waals surface area contributed by atoms with Crippen LogP contribution >= 0.6 is 0 Å². The van der Waals surface area contributed by atoms with Crippen LogP contribution in [0.2, 0.25) is 0 Å². The Kier molecular flexibility index (Phi) is 8.69. The fourth-order valence-corrected chi connectivity index (χ4v) is 5.04. The van der Waals surface area contributed by atoms with E-state index < -0.39 is 35.6 Å². The van der Waals surface area contributed by atoms with Crippen LogP contribution < -0.4 is 16.1 Å². The van der Waals surface area contributed by atoms with E-state index in [1.54, 1.807) is 51.1 Å². The van der Waals surface area contributed by atoms with Gasteiger partial charge in [0.05, 0.1) is 5.56 Å². The van der Waals surface area contributed by atoms with Crippen molar-refractivity contribution in [2.24, 2.45) is 0 Å². The number of amides is 2. The van der Waals surface area contributed by atoms with Gasteiger partial charge in [-0.2, -0.15) is 0 Å². The van der Waals surface area contributed by atoms with Crippen molar-refractivity contribution in [2.75, 3.05) is 5.32 Å². The third kappa shape index (κ3) is 7.39. The number of rotatable bonds is 8. The van der Waals surface area contributed by atoms with E-state index in [-0.39, 0.29) is 45.6 Å². The molecule has 3 aromatic carbocycles. The number of alkyl carbamates (subject to hydrolysis) is 1. The molecule has 3 aromatic rings. The van der Waals surface area contributed by atoms with Gasteiger partial charge in [-0.3, -0.25) is 9.59 Å². The van der Waals surface area contributed by atoms with Crippen molar-refractivity contribution in [3.63, 3.8) is 0 Å². The molecule has 0 radical (unpaired) electrons. The highest BCUT2D eigenvalue weighted by Gasteiger charge is 2.25. The third-order valence-electron chi connectivity index (χ3n) is 7.10. The quantitative estimate of drug-likeness (QED) is 0.131. The second kappa shape index (κ2) is 12.7. The molecule has 0 spiro atoms. The fraction of sp³-hybridized carbons (Fsp3) is 0.171. The molecule has 0 bridgehead atoms. The Bertz CT molecular complexity index is 2060. The van der Waals surface area contributed by atoms with Crippen molar-refractivity contribution in [1.29, 1.82) is 0 Å². The molecular formula is C35H30N2O10. The van der Waals surface area contributed by atoms with E-state index in [1.165, 1.54) is 48.5 Å². The maximum atomic E-state index is 13.2. The number of aromatic hydroxyl groups is 1. The number of benzene rings is 4. The lowest BCUT2D eigenvalue weighted by atomic mass is 9.90. The minimum atomic E-state index is -1.30. The molecule has 1 aliphatic carbocycles. The number of hydrogen-bond donors (Lipinski definition) is 5. The Balaban J connectivity index is 1.40. The molecule has 2 amide bonds. The highest BCUT2D eigenvalue weighted by Crippen LogP contribution is 2.42. The van der Waals surface area contributed by atoms with Crippen molar-refractivity contribution in [1.82, 2.24) is 5.32 Å². The molecule has 0 fully saturated rings. The fourth-order valence-electron chi connectivity index (χ4n) is 5.04. The normalized spacial score (nSPS) is 12.0. The van der Waals surface area contributed by atoms with E-state index in [4.69, 9.17) is 9.15 Å². The summed E-state index contributed by atoms with van der Waals surface area (Å²) in [6, 6.07) is 17.8. The highest BCUT2D eigenvalue weighted by molar-refractivity contribution is 6.10. The lowest BCUT2D eigenvalue weighted by molar-refractivity contribution is -0.139. The van der Waals surface area contributed by atoms with E-state index >= 15 is 0 Å². The van der Waals surface area contributed by atoms with Gasteiger partial charge in [0, 0.05) is 46.3 Å². The van der Waals surface area contributed by atoms with Gasteiger partial charge in [0.2, 0.25) is 0 Å². The summed E-state index contributed by atoms with van der Waals surface area (Å²) in [5.41, 5.74) is 1.09. The lowest BCUT2D eigenvalue weighted by Crippen LogP contribution is -2.44. The summed E-state index contributed by atoms with van der Waals surface area (Å²) in [4.78, 5) is 61.6. The first-order valence-electron chi connectivity index (χ1n) is 14.4. The van der Waals surface area contributed by atoms with Gasteiger partial charge in [-0.25, -0.2) is 14.4 Å². The van der Waals surface area contributed by atoms with Crippen LogP contribution in [-0.2, 0) is 16.0 Å². The Labute approximate surface area is 267 Å². The Morgan fingerprint density at radius 2 is 1.57 bits per heavy atom. The summed E-state index contributed by atoms with van der Waals surface area (Å²) < 4.78 is 11.0. The Morgan fingerprint density at radius 3 is 2.23 bits per heavy atom. The standard InChI is InChI=1S/C35H30N2O10/c1-35(2,3)47-34(45)37-27(33(43)44)14-18-4-7-20(8-5-18)36-31(40)19-6-11-23(26(15-19)32(41)42)30-24-12-9-21(38)16-28(24)46-29-17-22(39)10-13-25(29)30/h4-13,15-17,27,38H,14H2,1-3H3,(H,36,40)(H,37,45)(H,41,42)(H,43,44)/t27-/m0/s1. The molecule has 240 valence electrons. The summed E-state index contributed by atoms with van der Waals surface area (Å²) in [6.45, 7) is 4.98. The molecule has 1 atom stereocenters. The largest absolute Gasteiger partial charge is 0.508 e. The number of aromatic carboxylic acids is 1. The van der Waals surface area contributed by atoms with Gasteiger partial charge in [-0.1, -0.05) is 18.2 Å². The first kappa shape index (κ1) is 32.2. The van der Waals surface area contributed by atoms with Crippen LogP contribution in [0.1, 0.15) is 47.1 Å². The minimum absolute atomic E-state index is 0.0435. The van der Waals surface area contributed by atoms with Crippen molar-refractivity contribution < 1.29 is 43.7 Å². The number of carbonyl (C=O) groups excluding carboxylic acids is 2. The van der Waals surface area contributed by atoms with Gasteiger partial charge in [-0.15, -0.1) is 0 Å². The van der Waals surface area contributed by atoms with Crippen LogP contribution in [0.3, 0.4) is 0 Å². The van der Waals surface area contributed by atoms with Gasteiger partial charge >= 0.3 is 18.0 Å². The van der Waals surface area contributed by atoms with E-state index in [0.717, 1.165) is 0 Å². The van der Waals surface area contributed by atoms with Crippen LogP contribution in [0.25, 0.3) is 33.4 Å². The lowest BCUT2D eigenvalue weighted by Gasteiger charge is -2.22. The van der Waals surface area contributed by atoms with E-state index in [9.17, 15) is 39.3 Å². The molecule has 5 rings (SSSR count). The molecule has 0 unspecified atom stereocenters. The van der Waals surface area contributed by atoms with Gasteiger partial charge in [0.25, 0.3) is 5.91 Å². The molecule has 47 heavy (non-hydrogen) atoms. The SMILES string of the molecule is CC(C)(C)OC(=O)N[C@@H](Cc1ccc(NC(=O)c2ccc(-c3c4ccc(=O)cc-4oc4cc(O)ccc34)c(C(=O)O)c2)cc1)C(=O)O. The van der Waals surface area contributed by atoms with E-state index in [0.29, 0.717) is 27.8 Å². The molecular weight excluding hydrogens is 608 g/mol. The van der Waals surface area contributed by atoms with Crippen molar-refractivity contribution in [3.8, 4) is 28.2 Å². The number of carboxylic acids is 2. The molecule has 0 aromatic heterocycles. The van der Waals surface area contributed by atoms with Crippen LogP contribution in [0.4, 0.5) is 10.5 Å². The number of anilines is 1. The number of hydrogen-bond acceptors (Lipinski definition) is 8. The number of carbonyl (C=O) groups is 4. The Hall–Kier alpha value is -6.17. The first-order chi connectivity index (χ1) is 22.2. The predicted molar refractivity (Wildman–Crippen MR) is 172 cm³/mol. The Morgan fingerprint density at radius 1 is 0.872 bits per heavy atom. The summed E-state index contributed by atoms with van der Waals surface area (Å²) in [5, 5.41) is 35.3. The summed E-state index contributed by atoms with van der Waals surface area (Å²) in [6.07, 6.45) is -0.905. The molecule has 1 aliphatic heterocycles. The average Bonchev–Trinajstić information content (AvgIpc) is 2.99. The third-order valence-corrected chi connectivity index (χ3v) is 7.10. The first-order valence-corrected chi connectivity index (χ1v) is 14.4. The van der Waals surface area contributed by atoms with Crippen molar-refractivity contribution >= 4 is 40.6 Å².